The largest absolute Gasteiger partial charge is 0.463 e. The van der Waals surface area contributed by atoms with E-state index in [4.69, 9.17) is 107 Å². The van der Waals surface area contributed by atoms with Gasteiger partial charge in [-0.2, -0.15) is 0 Å². The summed E-state index contributed by atoms with van der Waals surface area (Å²) in [7, 11) is 0. The molecule has 0 saturated carbocycles. The molecule has 0 spiro atoms. The Labute approximate surface area is 528 Å². The number of nitrogens with zero attached hydrogens (tertiary/aromatic N) is 1. The van der Waals surface area contributed by atoms with E-state index >= 15 is 9.59 Å². The summed E-state index contributed by atoms with van der Waals surface area (Å²) >= 11 is 19.1. The fraction of sp³-hybridized carbons (Fsp3) is 0.422. The normalized spacial score (nSPS) is 27.6. The van der Waals surface area contributed by atoms with Crippen LogP contribution in [0.2, 0.25) is 0 Å². The minimum Gasteiger partial charge on any atom is -0.463 e. The van der Waals surface area contributed by atoms with Gasteiger partial charge in [-0.05, 0) is 41.3 Å². The number of ether oxygens (including phenoxy) is 14. The van der Waals surface area contributed by atoms with Crippen molar-refractivity contribution in [3.05, 3.63) is 179 Å². The second-order valence-corrected chi connectivity index (χ2v) is 23.5. The Morgan fingerprint density at radius 3 is 1.37 bits per heavy atom. The van der Waals surface area contributed by atoms with Crippen molar-refractivity contribution in [1.82, 2.24) is 4.90 Å². The number of alkyl halides is 3. The molecule has 5 aromatic rings. The Morgan fingerprint density at radius 1 is 0.461 bits per heavy atom. The molecule has 0 aromatic heterocycles. The summed E-state index contributed by atoms with van der Waals surface area (Å²) in [5.41, 5.74) is 2.96. The molecule has 2 amide bonds. The van der Waals surface area contributed by atoms with Crippen LogP contribution in [-0.4, -0.2) is 156 Å². The van der Waals surface area contributed by atoms with Crippen LogP contribution in [0.1, 0.15) is 77.6 Å². The smallest absolute Gasteiger partial charge is 0.303 e. The van der Waals surface area contributed by atoms with Crippen molar-refractivity contribution in [2.75, 3.05) is 13.2 Å². The van der Waals surface area contributed by atoms with Crippen LogP contribution < -0.4 is 0 Å². The summed E-state index contributed by atoms with van der Waals surface area (Å²) in [5, 5.41) is 9.00. The lowest BCUT2D eigenvalue weighted by Gasteiger charge is -2.52. The molecule has 22 nitrogen and oxygen atoms in total. The van der Waals surface area contributed by atoms with Crippen molar-refractivity contribution in [2.24, 2.45) is 0 Å². The maximum absolute atomic E-state index is 15.2. The number of carbonyl (C=O) groups is 6. The van der Waals surface area contributed by atoms with Gasteiger partial charge in [0.1, 0.15) is 55.4 Å². The number of esters is 4. The van der Waals surface area contributed by atoms with Gasteiger partial charge in [0.15, 0.2) is 30.9 Å². The number of rotatable bonds is 24. The molecule has 15 atom stereocenters. The van der Waals surface area contributed by atoms with Crippen LogP contribution in [0.3, 0.4) is 0 Å². The van der Waals surface area contributed by atoms with E-state index in [1.807, 2.05) is 97.1 Å². The van der Waals surface area contributed by atoms with Gasteiger partial charge in [0.25, 0.3) is 15.6 Å². The number of halogens is 3. The minimum atomic E-state index is -2.58. The molecule has 4 heterocycles. The molecule has 0 bridgehead atoms. The van der Waals surface area contributed by atoms with Crippen molar-refractivity contribution in [3.63, 3.8) is 0 Å². The van der Waals surface area contributed by atoms with E-state index in [0.717, 1.165) is 49.3 Å². The summed E-state index contributed by atoms with van der Waals surface area (Å²) in [5.74, 6) is -6.38. The Bertz CT molecular complexity index is 3190. The monoisotopic (exact) mass is 1290 g/mol. The third-order valence-electron chi connectivity index (χ3n) is 14.7. The summed E-state index contributed by atoms with van der Waals surface area (Å²) in [6, 6.07) is 41.1. The molecular weight excluding hydrogens is 1220 g/mol. The van der Waals surface area contributed by atoms with Crippen LogP contribution in [0, 0.1) is 5.41 Å². The van der Waals surface area contributed by atoms with Crippen molar-refractivity contribution in [3.8, 4) is 0 Å². The number of imide groups is 1. The summed E-state index contributed by atoms with van der Waals surface area (Å²) < 4.78 is 88.4. The molecule has 5 aromatic carbocycles. The molecule has 0 aliphatic carbocycles. The highest BCUT2D eigenvalue weighted by Gasteiger charge is 2.62. The zero-order valence-corrected chi connectivity index (χ0v) is 51.3. The first kappa shape index (κ1) is 66.5. The number of carbonyl (C=O) groups excluding carboxylic acids is 6. The SMILES string of the molecule is CC(=O)OC[C@H]1O[C@@H](O[C@H]2[C@H](O[C@@H]3O[C@@H](C)[C@@H](OCc4ccccc4)[C@@H](OCc4ccccc4)[C@@H]3OCc3ccccc3)[C@@H](N3C(=O)c4ccccc4C3=O)[C@H](OC(=N)C(Cl)(Cl)Cl)O[C@@H]2COCc2ccccc2)[C@H](OC(C)=O)[C@@H](OC(C)=O)[C@H]1OC(C)=O. The number of benzene rings is 5. The molecule has 25 heteroatoms. The van der Waals surface area contributed by atoms with E-state index < -0.39 is 151 Å². The van der Waals surface area contributed by atoms with E-state index in [1.165, 1.54) is 12.1 Å². The second kappa shape index (κ2) is 30.7. The molecule has 0 unspecified atom stereocenters. The Kier molecular flexibility index (Phi) is 23.0. The van der Waals surface area contributed by atoms with Crippen molar-refractivity contribution in [2.45, 2.75) is 157 Å². The van der Waals surface area contributed by atoms with Gasteiger partial charge in [0.05, 0.1) is 50.3 Å². The maximum atomic E-state index is 15.2. The van der Waals surface area contributed by atoms with Crippen LogP contribution in [0.25, 0.3) is 0 Å². The fourth-order valence-electron chi connectivity index (χ4n) is 10.8. The zero-order chi connectivity index (χ0) is 63.4. The van der Waals surface area contributed by atoms with E-state index in [2.05, 4.69) is 0 Å². The van der Waals surface area contributed by atoms with Gasteiger partial charge in [-0.15, -0.1) is 0 Å². The highest BCUT2D eigenvalue weighted by atomic mass is 35.6. The molecule has 474 valence electrons. The molecule has 4 aliphatic heterocycles. The lowest BCUT2D eigenvalue weighted by molar-refractivity contribution is -0.379. The van der Waals surface area contributed by atoms with Gasteiger partial charge in [0.2, 0.25) is 12.2 Å². The van der Waals surface area contributed by atoms with Crippen LogP contribution >= 0.6 is 34.8 Å². The average Bonchev–Trinajstić information content (AvgIpc) is 1.73. The number of hydrogen-bond acceptors (Lipinski definition) is 21. The number of nitrogens with one attached hydrogen (secondary N) is 1. The van der Waals surface area contributed by atoms with E-state index in [9.17, 15) is 19.2 Å². The molecule has 3 fully saturated rings. The number of hydrogen-bond donors (Lipinski definition) is 1. The Morgan fingerprint density at radius 2 is 0.876 bits per heavy atom. The fourth-order valence-corrected chi connectivity index (χ4v) is 11.0. The molecule has 1 N–H and O–H groups in total. The molecule has 9 rings (SSSR count). The van der Waals surface area contributed by atoms with Gasteiger partial charge < -0.3 is 66.3 Å². The lowest BCUT2D eigenvalue weighted by Crippen LogP contribution is -2.71. The van der Waals surface area contributed by atoms with Crippen LogP contribution in [0.15, 0.2) is 146 Å². The first-order valence-corrected chi connectivity index (χ1v) is 29.7. The maximum Gasteiger partial charge on any atom is 0.303 e. The van der Waals surface area contributed by atoms with E-state index in [-0.39, 0.29) is 37.6 Å². The van der Waals surface area contributed by atoms with E-state index in [1.54, 1.807) is 43.3 Å². The van der Waals surface area contributed by atoms with Gasteiger partial charge in [0, 0.05) is 27.7 Å². The Balaban J connectivity index is 1.24. The highest BCUT2D eigenvalue weighted by molar-refractivity contribution is 6.76. The third kappa shape index (κ3) is 17.1. The predicted molar refractivity (Wildman–Crippen MR) is 316 cm³/mol. The van der Waals surface area contributed by atoms with Gasteiger partial charge in [-0.3, -0.25) is 39.1 Å². The lowest BCUT2D eigenvalue weighted by atomic mass is 9.93. The molecule has 3 saturated heterocycles. The first-order chi connectivity index (χ1) is 42.7. The van der Waals surface area contributed by atoms with Crippen LogP contribution in [-0.2, 0) is 112 Å². The van der Waals surface area contributed by atoms with E-state index in [0.29, 0.717) is 5.56 Å². The quantitative estimate of drug-likeness (QED) is 0.0152. The minimum absolute atomic E-state index is 0.0286. The summed E-state index contributed by atoms with van der Waals surface area (Å²) in [6.07, 6.45) is -21.8. The first-order valence-electron chi connectivity index (χ1n) is 28.5. The van der Waals surface area contributed by atoms with Crippen LogP contribution in [0.4, 0.5) is 0 Å². The van der Waals surface area contributed by atoms with Crippen LogP contribution in [0.5, 0.6) is 0 Å². The highest BCUT2D eigenvalue weighted by Crippen LogP contribution is 2.42. The van der Waals surface area contributed by atoms with Crippen molar-refractivity contribution < 1.29 is 95.1 Å². The van der Waals surface area contributed by atoms with Gasteiger partial charge in [-0.25, -0.2) is 0 Å². The summed E-state index contributed by atoms with van der Waals surface area (Å²) in [4.78, 5) is 83.1. The topological polar surface area (TPSA) is 259 Å². The number of fused-ring (bicyclic) bond motifs is 1. The Hall–Kier alpha value is -6.90. The molecule has 0 radical (unpaired) electrons. The summed E-state index contributed by atoms with van der Waals surface area (Å²) in [6.45, 7) is 4.91. The predicted octanol–water partition coefficient (Wildman–Crippen LogP) is 8.31. The van der Waals surface area contributed by atoms with Gasteiger partial charge >= 0.3 is 23.9 Å². The van der Waals surface area contributed by atoms with Crippen molar-refractivity contribution >= 4 is 76.4 Å². The molecule has 4 aliphatic rings. The molecule has 89 heavy (non-hydrogen) atoms. The van der Waals surface area contributed by atoms with Crippen molar-refractivity contribution in [1.29, 1.82) is 5.41 Å². The number of amides is 2. The zero-order valence-electron chi connectivity index (χ0n) is 49.0. The average molecular weight is 1290 g/mol. The molecular formula is C64H67Cl3N2O20. The second-order valence-electron chi connectivity index (χ2n) is 21.3. The standard InChI is InChI=1S/C64H67Cl3N2O20/c1-36-50(78-31-42-22-12-7-13-23-42)54(79-32-43-24-14-8-15-25-43)56(80-33-44-26-16-9-17-27-44)61(81-36)88-53-49(69-58(74)45-28-18-19-29-46(45)59(69)75)60(89-63(68)64(65,66)67)85-47(34-76-30-41-20-10-6-11-21-41)51(53)87-62-57(84-40(5)73)55(83-39(4)72)52(82-38(3)71)48(86-62)35-77-37(2)70/h6-29,36,47-57,60-62,68H,30-35H2,1-5H3/t36-,47+,48+,49+,50+,51+,52-,53+,54+,55-,56-,57+,60-,61-,62-/m0/s1. The third-order valence-corrected chi connectivity index (χ3v) is 15.3. The van der Waals surface area contributed by atoms with Gasteiger partial charge in [-0.1, -0.05) is 168 Å².